The molecule has 0 bridgehead atoms. The molecule has 0 saturated heterocycles. The Labute approximate surface area is 750 Å². The minimum Gasteiger partial charge on any atom is -0.494 e. The molecule has 28 heteroatoms. The van der Waals surface area contributed by atoms with Gasteiger partial charge in [-0.25, -0.2) is 57.5 Å². The van der Waals surface area contributed by atoms with Gasteiger partial charge in [-0.2, -0.15) is 0 Å². The molecule has 10 aromatic rings. The molecule has 0 fully saturated rings. The lowest BCUT2D eigenvalue weighted by molar-refractivity contribution is -0.163. The molecule has 0 heterocycles. The molecule has 28 nitrogen and oxygen atoms in total. The first-order valence-corrected chi connectivity index (χ1v) is 42.3. The van der Waals surface area contributed by atoms with Crippen LogP contribution in [0.4, 0.5) is 0 Å². The lowest BCUT2D eigenvalue weighted by atomic mass is 10.1. The van der Waals surface area contributed by atoms with Gasteiger partial charge in [0.1, 0.15) is 68.6 Å². The zero-order valence-electron chi connectivity index (χ0n) is 71.5. The fourth-order valence-corrected chi connectivity index (χ4v) is 12.6. The van der Waals surface area contributed by atoms with Crippen LogP contribution in [-0.2, 0) is 57.2 Å². The van der Waals surface area contributed by atoms with Gasteiger partial charge in [-0.3, -0.25) is 0 Å². The highest BCUT2D eigenvalue weighted by molar-refractivity contribution is 6.02. The van der Waals surface area contributed by atoms with Gasteiger partial charge in [-0.15, -0.1) is 0 Å². The van der Waals surface area contributed by atoms with E-state index in [2.05, 4.69) is 26.3 Å². The van der Waals surface area contributed by atoms with E-state index in [4.69, 9.17) is 75.8 Å². The van der Waals surface area contributed by atoms with E-state index in [0.29, 0.717) is 122 Å². The molecule has 0 radical (unpaired) electrons. The molecular weight excluding hydrogens is 1670 g/mol. The van der Waals surface area contributed by atoms with Crippen LogP contribution in [0.3, 0.4) is 0 Å². The van der Waals surface area contributed by atoms with Crippen LogP contribution in [0.1, 0.15) is 165 Å². The normalized spacial score (nSPS) is 11.2. The molecule has 674 valence electrons. The third-order valence-electron chi connectivity index (χ3n) is 19.5. The second kappa shape index (κ2) is 51.8. The molecule has 2 atom stereocenters. The minimum absolute atomic E-state index is 0.00638. The second-order valence-electron chi connectivity index (χ2n) is 29.0. The Hall–Kier alpha value is -15.5. The Balaban J connectivity index is 0.982. The van der Waals surface area contributed by atoms with Crippen LogP contribution in [0.2, 0.25) is 0 Å². The van der Waals surface area contributed by atoms with E-state index in [-0.39, 0.29) is 71.7 Å². The van der Waals surface area contributed by atoms with Crippen molar-refractivity contribution in [3.8, 4) is 57.5 Å². The minimum atomic E-state index is -2.77. The summed E-state index contributed by atoms with van der Waals surface area (Å²) in [5, 5.41) is 2.49. The van der Waals surface area contributed by atoms with Gasteiger partial charge in [0.25, 0.3) is 0 Å². The summed E-state index contributed by atoms with van der Waals surface area (Å²) in [5.41, 5.74) is -1.60. The maximum absolute atomic E-state index is 15.7. The van der Waals surface area contributed by atoms with Crippen LogP contribution in [-0.4, -0.2) is 137 Å². The lowest BCUT2D eigenvalue weighted by Crippen LogP contribution is -2.49. The first kappa shape index (κ1) is 96.7. The predicted molar refractivity (Wildman–Crippen MR) is 477 cm³/mol. The summed E-state index contributed by atoms with van der Waals surface area (Å²) in [6.07, 6.45) is 10.1. The largest absolute Gasteiger partial charge is 0.494 e. The van der Waals surface area contributed by atoms with Crippen molar-refractivity contribution >= 4 is 93.2 Å². The van der Waals surface area contributed by atoms with E-state index in [1.807, 2.05) is 0 Å². The van der Waals surface area contributed by atoms with Gasteiger partial charge in [0.05, 0.1) is 75.1 Å². The van der Waals surface area contributed by atoms with E-state index >= 15 is 19.2 Å². The number of carbonyl (C=O) groups excluding carboxylic acids is 12. The molecular formula is C102H98O28. The third kappa shape index (κ3) is 31.6. The topological polar surface area (TPSA) is 353 Å². The fraction of sp³-hybridized carbons (Fsp3) is 0.255. The van der Waals surface area contributed by atoms with Crippen LogP contribution in [0.5, 0.6) is 57.5 Å². The Morgan fingerprint density at radius 2 is 0.469 bits per heavy atom. The first-order chi connectivity index (χ1) is 63.2. The van der Waals surface area contributed by atoms with E-state index < -0.39 is 106 Å². The highest BCUT2D eigenvalue weighted by Crippen LogP contribution is 2.34. The average Bonchev–Trinajstić information content (AvgIpc) is 0.795. The van der Waals surface area contributed by atoms with Crippen LogP contribution in [0.15, 0.2) is 269 Å². The summed E-state index contributed by atoms with van der Waals surface area (Å²) in [6.45, 7) is 15.8. The molecule has 0 saturated carbocycles. The van der Waals surface area contributed by atoms with Crippen molar-refractivity contribution in [3.05, 3.63) is 302 Å². The number of rotatable bonds is 53. The summed E-state index contributed by atoms with van der Waals surface area (Å²) < 4.78 is 91.8. The Morgan fingerprint density at radius 3 is 0.746 bits per heavy atom. The molecule has 0 aromatic heterocycles. The molecule has 2 unspecified atom stereocenters. The van der Waals surface area contributed by atoms with Crippen LogP contribution < -0.4 is 47.4 Å². The van der Waals surface area contributed by atoms with Gasteiger partial charge in [0, 0.05) is 24.3 Å². The molecule has 0 amide bonds. The van der Waals surface area contributed by atoms with E-state index in [1.165, 1.54) is 133 Å². The zero-order valence-corrected chi connectivity index (χ0v) is 71.5. The number of unbranched alkanes of at least 4 members (excludes halogenated alkanes) is 12. The Morgan fingerprint density at radius 1 is 0.231 bits per heavy atom. The smallest absolute Gasteiger partial charge is 0.357 e. The zero-order chi connectivity index (χ0) is 92.2. The van der Waals surface area contributed by atoms with Gasteiger partial charge in [0.2, 0.25) is 12.2 Å². The summed E-state index contributed by atoms with van der Waals surface area (Å²) in [6, 6.07) is 52.8. The number of esters is 12. The molecule has 10 rings (SSSR count). The van der Waals surface area contributed by atoms with E-state index in [9.17, 15) is 38.4 Å². The third-order valence-corrected chi connectivity index (χ3v) is 19.5. The highest BCUT2D eigenvalue weighted by Gasteiger charge is 2.45. The van der Waals surface area contributed by atoms with Crippen molar-refractivity contribution in [1.29, 1.82) is 0 Å². The summed E-state index contributed by atoms with van der Waals surface area (Å²) in [5.74, 6) is -13.1. The number of fused-ring (bicyclic) bond motifs is 2. The number of hydrogen-bond acceptors (Lipinski definition) is 28. The number of carbonyl (C=O) groups is 12. The summed E-state index contributed by atoms with van der Waals surface area (Å²) in [7, 11) is 0. The van der Waals surface area contributed by atoms with Gasteiger partial charge in [0.15, 0.2) is 0 Å². The van der Waals surface area contributed by atoms with Crippen molar-refractivity contribution in [2.45, 2.75) is 115 Å². The van der Waals surface area contributed by atoms with Crippen LogP contribution in [0, 0.1) is 0 Å². The van der Waals surface area contributed by atoms with Gasteiger partial charge in [-0.1, -0.05) is 87.0 Å². The molecule has 130 heavy (non-hydrogen) atoms. The second-order valence-corrected chi connectivity index (χ2v) is 29.0. The molecule has 0 N–H and O–H groups in total. The maximum atomic E-state index is 15.7. The molecule has 10 aromatic carbocycles. The highest BCUT2D eigenvalue weighted by atomic mass is 16.6. The lowest BCUT2D eigenvalue weighted by Gasteiger charge is -2.25. The monoisotopic (exact) mass is 1770 g/mol. The van der Waals surface area contributed by atoms with Gasteiger partial charge in [-0.05, 0) is 282 Å². The molecule has 0 aliphatic rings. The average molecular weight is 1770 g/mol. The quantitative estimate of drug-likeness (QED) is 0.0112. The van der Waals surface area contributed by atoms with Crippen molar-refractivity contribution in [2.75, 3.05) is 52.9 Å². The standard InChI is InChI=1S/C102H98O28/c1-5-89(103)119-61-25-13-9-21-57-115-77-43-35-71(36-44-77)95(107)123-83-53-55-87(127-97(109)73-39-47-79(48-40-73)117-59-23-11-15-27-63-121-91(105)7-3)85(67-83)99(111)129-93(101(113)125-81-51-33-69-29-17-19-31-75(69)65-81)94(102(114)126-82-52-34-70-30-18-20-32-76(70)66-82)130-100(112)86-68-84(124-96(108)72-37-45-78(46-38-72)116-58-22-10-14-26-62-120-90(104)6-2)54-56-88(86)128-98(110)74-41-49-80(50-42-74)118-60-24-12-16-28-64-122-92(106)8-4/h5-8,17-20,29-56,65-68,93-94H,1-4,9-16,21-28,57-64H2. The number of benzene rings is 10. The van der Waals surface area contributed by atoms with Gasteiger partial charge < -0.3 is 75.8 Å². The molecule has 0 aliphatic heterocycles. The SMILES string of the molecule is C=CC(=O)OCCCCCCOc1ccc(C(=O)Oc2ccc(OC(=O)c3ccc(OCCCCCCOC(=O)C=C)cc3)c(C(=O)OC(C(=O)Oc3ccc4ccccc4c3)C(OC(=O)c3cc(OC(=O)c4ccc(OCCCCCCOC(=O)C=C)cc4)ccc3OC(=O)c3ccc(OCCCCCCOC(=O)C=C)cc3)C(=O)Oc3ccc4ccccc4c3)c2)cc1. The maximum Gasteiger partial charge on any atom is 0.357 e. The van der Waals surface area contributed by atoms with Crippen molar-refractivity contribution in [2.24, 2.45) is 0 Å². The Kier molecular flexibility index (Phi) is 38.6. The summed E-state index contributed by atoms with van der Waals surface area (Å²) >= 11 is 0. The van der Waals surface area contributed by atoms with Gasteiger partial charge >= 0.3 is 71.6 Å². The van der Waals surface area contributed by atoms with Crippen molar-refractivity contribution < 1.29 is 133 Å². The number of hydrogen-bond donors (Lipinski definition) is 0. The fourth-order valence-electron chi connectivity index (χ4n) is 12.6. The van der Waals surface area contributed by atoms with Crippen LogP contribution in [0.25, 0.3) is 21.5 Å². The van der Waals surface area contributed by atoms with Crippen molar-refractivity contribution in [1.82, 2.24) is 0 Å². The van der Waals surface area contributed by atoms with E-state index in [1.54, 1.807) is 60.7 Å². The predicted octanol–water partition coefficient (Wildman–Crippen LogP) is 18.5. The Bertz CT molecular complexity index is 5260. The van der Waals surface area contributed by atoms with E-state index in [0.717, 1.165) is 99.9 Å². The molecule has 0 aliphatic carbocycles. The van der Waals surface area contributed by atoms with Crippen molar-refractivity contribution in [3.63, 3.8) is 0 Å². The van der Waals surface area contributed by atoms with Crippen LogP contribution >= 0.6 is 0 Å². The molecule has 0 spiro atoms. The summed E-state index contributed by atoms with van der Waals surface area (Å²) in [4.78, 5) is 166. The number of ether oxygens (including phenoxy) is 16. The first-order valence-electron chi connectivity index (χ1n) is 42.3.